The lowest BCUT2D eigenvalue weighted by atomic mass is 9.78. The van der Waals surface area contributed by atoms with Gasteiger partial charge in [0.05, 0.1) is 66.1 Å². The monoisotopic (exact) mass is 913 g/mol. The van der Waals surface area contributed by atoms with Crippen LogP contribution in [0.1, 0.15) is 80.3 Å². The first-order chi connectivity index (χ1) is 31.2. The number of phenols is 3. The largest absolute Gasteiger partial charge is 0.507 e. The van der Waals surface area contributed by atoms with Crippen LogP contribution in [0.4, 0.5) is 5.69 Å². The number of amides is 2. The van der Waals surface area contributed by atoms with Crippen LogP contribution in [-0.2, 0) is 23.8 Å². The first-order valence-corrected chi connectivity index (χ1v) is 21.8. The summed E-state index contributed by atoms with van der Waals surface area (Å²) in [7, 11) is 1.42. The van der Waals surface area contributed by atoms with E-state index in [9.17, 15) is 44.7 Å². The maximum absolute atomic E-state index is 14.6. The lowest BCUT2D eigenvalue weighted by Crippen LogP contribution is -2.46. The van der Waals surface area contributed by atoms with E-state index in [1.165, 1.54) is 71.8 Å². The highest BCUT2D eigenvalue weighted by molar-refractivity contribution is 6.24. The zero-order chi connectivity index (χ0) is 48.4. The van der Waals surface area contributed by atoms with Gasteiger partial charge in [0, 0.05) is 92.2 Å². The Labute approximate surface area is 382 Å². The quantitative estimate of drug-likeness (QED) is 0.0859. The van der Waals surface area contributed by atoms with Crippen LogP contribution in [0.2, 0.25) is 0 Å². The molecular formula is C48H59N5O13. The molecule has 9 unspecified atom stereocenters. The van der Waals surface area contributed by atoms with Gasteiger partial charge in [-0.15, -0.1) is 0 Å². The van der Waals surface area contributed by atoms with E-state index in [1.807, 2.05) is 0 Å². The second-order valence-electron chi connectivity index (χ2n) is 17.3. The van der Waals surface area contributed by atoms with Crippen molar-refractivity contribution in [3.8, 4) is 23.0 Å². The number of benzene rings is 2. The minimum absolute atomic E-state index is 0.0205. The molecule has 18 nitrogen and oxygen atoms in total. The number of methoxy groups -OCH3 is 1. The fourth-order valence-corrected chi connectivity index (χ4v) is 8.70. The minimum Gasteiger partial charge on any atom is -0.507 e. The van der Waals surface area contributed by atoms with Gasteiger partial charge in [0.25, 0.3) is 17.6 Å². The summed E-state index contributed by atoms with van der Waals surface area (Å²) in [4.78, 5) is 59.6. The summed E-state index contributed by atoms with van der Waals surface area (Å²) in [5.74, 6) is -8.98. The number of esters is 1. The van der Waals surface area contributed by atoms with Crippen LogP contribution in [0.25, 0.3) is 10.8 Å². The predicted octanol–water partition coefficient (Wildman–Crippen LogP) is 4.94. The molecule has 1 fully saturated rings. The highest BCUT2D eigenvalue weighted by Crippen LogP contribution is 2.55. The zero-order valence-corrected chi connectivity index (χ0v) is 38.5. The van der Waals surface area contributed by atoms with Crippen LogP contribution >= 0.6 is 0 Å². The van der Waals surface area contributed by atoms with Crippen LogP contribution in [0.3, 0.4) is 0 Å². The average molecular weight is 914 g/mol. The number of rotatable bonds is 5. The Morgan fingerprint density at radius 1 is 0.924 bits per heavy atom. The number of nitrogens with zero attached hydrogens (tertiary/aromatic N) is 4. The molecule has 0 radical (unpaired) electrons. The molecule has 0 spiro atoms. The van der Waals surface area contributed by atoms with Crippen LogP contribution < -0.4 is 10.1 Å². The third-order valence-electron chi connectivity index (χ3n) is 12.9. The van der Waals surface area contributed by atoms with Crippen LogP contribution in [0.15, 0.2) is 65.8 Å². The molecule has 2 amide bonds. The Bertz CT molecular complexity index is 2480. The average Bonchev–Trinajstić information content (AvgIpc) is 3.57. The summed E-state index contributed by atoms with van der Waals surface area (Å²) >= 11 is 0. The van der Waals surface area contributed by atoms with Gasteiger partial charge in [-0.25, -0.2) is 0 Å². The summed E-state index contributed by atoms with van der Waals surface area (Å²) in [5, 5.41) is 67.1. The summed E-state index contributed by atoms with van der Waals surface area (Å²) in [5.41, 5.74) is -0.137. The van der Waals surface area contributed by atoms with Gasteiger partial charge in [0.2, 0.25) is 0 Å². The molecular weight excluding hydrogens is 855 g/mol. The molecule has 0 aliphatic carbocycles. The van der Waals surface area contributed by atoms with Gasteiger partial charge in [-0.1, -0.05) is 45.9 Å². The van der Waals surface area contributed by atoms with Gasteiger partial charge in [-0.3, -0.25) is 29.2 Å². The number of anilines is 1. The van der Waals surface area contributed by atoms with Crippen molar-refractivity contribution in [3.05, 3.63) is 82.9 Å². The van der Waals surface area contributed by atoms with E-state index in [-0.39, 0.29) is 63.5 Å². The number of aliphatic hydroxyl groups excluding tert-OH is 2. The molecule has 6 N–H and O–H groups in total. The van der Waals surface area contributed by atoms with E-state index in [1.54, 1.807) is 61.9 Å². The topological polar surface area (TPSA) is 250 Å². The van der Waals surface area contributed by atoms with Crippen molar-refractivity contribution in [2.45, 2.75) is 85.6 Å². The number of aromatic hydroxyl groups is 3. The number of aliphatic hydroxyl groups is 2. The first-order valence-electron chi connectivity index (χ1n) is 21.8. The molecule has 0 saturated carbocycles. The van der Waals surface area contributed by atoms with E-state index in [0.717, 1.165) is 0 Å². The van der Waals surface area contributed by atoms with Gasteiger partial charge >= 0.3 is 11.8 Å². The molecule has 7 rings (SSSR count). The summed E-state index contributed by atoms with van der Waals surface area (Å²) in [6.45, 7) is 13.6. The number of pyridine rings is 1. The fourth-order valence-electron chi connectivity index (χ4n) is 8.70. The van der Waals surface area contributed by atoms with E-state index < -0.39 is 88.8 Å². The number of hydrazone groups is 1. The highest BCUT2D eigenvalue weighted by Gasteiger charge is 2.50. The number of carbonyl (C=O) groups is 4. The number of hydrogen-bond donors (Lipinski definition) is 6. The second kappa shape index (κ2) is 19.9. The van der Waals surface area contributed by atoms with Crippen molar-refractivity contribution in [1.82, 2.24) is 14.9 Å². The van der Waals surface area contributed by atoms with Crippen molar-refractivity contribution in [2.24, 2.45) is 28.8 Å². The van der Waals surface area contributed by atoms with Crippen molar-refractivity contribution in [3.63, 3.8) is 0 Å². The number of phenolic OH excluding ortho intramolecular Hbond substituents is 3. The van der Waals surface area contributed by atoms with Crippen LogP contribution in [0.5, 0.6) is 23.0 Å². The molecule has 4 aliphatic heterocycles. The molecule has 1 saturated heterocycles. The number of fused-ring (bicyclic) bond motifs is 14. The molecule has 5 heterocycles. The van der Waals surface area contributed by atoms with Gasteiger partial charge in [-0.2, -0.15) is 5.10 Å². The molecule has 5 bridgehead atoms. The molecule has 9 atom stereocenters. The SMILES string of the molecule is COC1C=COC2(C)Oc3c(C)c(O)c4c(O)c(c(C=NN5CCN(C(=O)c6ccncc6)CC5)c(O)c4c3C2=O)NC(=O)C(C)=CC=CC(C)C(O)C(C)C(O)C(C)C(OC(C)=O)C1C. The predicted molar refractivity (Wildman–Crippen MR) is 243 cm³/mol. The standard InChI is InChI=1S/C48H59N5O13/c1-24-11-10-12-25(2)46(61)51-37-32(23-50-53-20-18-52(19-21-53)47(62)31-13-16-49-17-14-31)41(58)34-35(42(37)59)40(57)29(6)44-36(34)45(60)48(8,66-44)64-22-15-33(63-9)26(3)43(65-30(7)54)28(5)39(56)27(4)38(24)55/h10-17,22-24,26-28,33,38-39,43,55-59H,18-21H2,1-9H3,(H,51,61). The zero-order valence-electron chi connectivity index (χ0n) is 38.5. The maximum Gasteiger partial charge on any atom is 0.312 e. The summed E-state index contributed by atoms with van der Waals surface area (Å²) < 4.78 is 23.7. The third-order valence-corrected chi connectivity index (χ3v) is 12.9. The number of aromatic nitrogens is 1. The number of ketones is 1. The Kier molecular flexibility index (Phi) is 14.8. The van der Waals surface area contributed by atoms with Crippen molar-refractivity contribution < 1.29 is 63.7 Å². The lowest BCUT2D eigenvalue weighted by molar-refractivity contribution is -0.160. The Morgan fingerprint density at radius 2 is 1.59 bits per heavy atom. The van der Waals surface area contributed by atoms with E-state index >= 15 is 0 Å². The van der Waals surface area contributed by atoms with Gasteiger partial charge in [0.15, 0.2) is 5.75 Å². The Hall–Kier alpha value is -6.50. The van der Waals surface area contributed by atoms with Crippen LogP contribution in [-0.4, -0.2) is 134 Å². The minimum atomic E-state index is -2.09. The Balaban J connectivity index is 1.46. The number of carbonyl (C=O) groups excluding carboxylic acids is 4. The van der Waals surface area contributed by atoms with Gasteiger partial charge in [-0.05, 0) is 32.1 Å². The van der Waals surface area contributed by atoms with Gasteiger partial charge < -0.3 is 54.7 Å². The molecule has 1 aromatic heterocycles. The maximum atomic E-state index is 14.6. The fraction of sp³-hybridized carbons (Fsp3) is 0.458. The number of piperazine rings is 1. The smallest absolute Gasteiger partial charge is 0.312 e. The normalized spacial score (nSPS) is 27.8. The first kappa shape index (κ1) is 48.9. The summed E-state index contributed by atoms with van der Waals surface area (Å²) in [6, 6.07) is 3.25. The Morgan fingerprint density at radius 3 is 2.23 bits per heavy atom. The lowest BCUT2D eigenvalue weighted by Gasteiger charge is -2.38. The van der Waals surface area contributed by atoms with Gasteiger partial charge in [0.1, 0.15) is 23.4 Å². The van der Waals surface area contributed by atoms with Crippen molar-refractivity contribution in [2.75, 3.05) is 38.6 Å². The number of allylic oxidation sites excluding steroid dienone is 2. The molecule has 4 aliphatic rings. The molecule has 3 aromatic rings. The molecule has 2 aromatic carbocycles. The van der Waals surface area contributed by atoms with E-state index in [2.05, 4.69) is 15.4 Å². The number of Topliss-reactive ketones (excluding diaryl/α,β-unsaturated/α-hetero) is 1. The van der Waals surface area contributed by atoms with E-state index in [4.69, 9.17) is 18.9 Å². The van der Waals surface area contributed by atoms with E-state index in [0.29, 0.717) is 18.7 Å². The number of nitrogens with one attached hydrogen (secondary N) is 1. The molecule has 66 heavy (non-hydrogen) atoms. The number of ether oxygens (including phenoxy) is 4. The van der Waals surface area contributed by atoms with Crippen LogP contribution in [0, 0.1) is 30.6 Å². The highest BCUT2D eigenvalue weighted by atomic mass is 16.7. The number of hydrogen-bond acceptors (Lipinski definition) is 16. The molecule has 354 valence electrons. The van der Waals surface area contributed by atoms with Crippen molar-refractivity contribution >= 4 is 46.2 Å². The summed E-state index contributed by atoms with van der Waals surface area (Å²) in [6.07, 6.45) is 7.65. The third kappa shape index (κ3) is 9.57. The molecule has 18 heteroatoms. The second-order valence-corrected chi connectivity index (χ2v) is 17.3. The van der Waals surface area contributed by atoms with Crippen molar-refractivity contribution in [1.29, 1.82) is 0 Å².